The second kappa shape index (κ2) is 9.98. The van der Waals surface area contributed by atoms with Crippen molar-refractivity contribution < 1.29 is 14.3 Å². The topological polar surface area (TPSA) is 67.4 Å². The van der Waals surface area contributed by atoms with Crippen LogP contribution in [0.4, 0.5) is 0 Å². The van der Waals surface area contributed by atoms with Crippen molar-refractivity contribution in [1.82, 2.24) is 10.6 Å². The summed E-state index contributed by atoms with van der Waals surface area (Å²) in [5.41, 5.74) is 2.10. The van der Waals surface area contributed by atoms with Crippen LogP contribution >= 0.6 is 11.3 Å². The van der Waals surface area contributed by atoms with Crippen LogP contribution in [-0.2, 0) is 26.2 Å². The van der Waals surface area contributed by atoms with Crippen molar-refractivity contribution in [2.75, 3.05) is 13.2 Å². The van der Waals surface area contributed by atoms with Gasteiger partial charge in [-0.05, 0) is 80.3 Å². The van der Waals surface area contributed by atoms with E-state index in [-0.39, 0.29) is 28.4 Å². The quantitative estimate of drug-likeness (QED) is 0.558. The summed E-state index contributed by atoms with van der Waals surface area (Å²) in [7, 11) is 0. The Balaban J connectivity index is 1.34. The summed E-state index contributed by atoms with van der Waals surface area (Å²) < 4.78 is 6.01. The van der Waals surface area contributed by atoms with Crippen molar-refractivity contribution in [2.24, 2.45) is 0 Å². The van der Waals surface area contributed by atoms with Crippen LogP contribution < -0.4 is 10.6 Å². The zero-order valence-electron chi connectivity index (χ0n) is 19.8. The molecule has 0 saturated carbocycles. The monoisotopic (exact) mass is 468 g/mol. The molecule has 2 aliphatic rings. The number of amides is 2. The largest absolute Gasteiger partial charge is 0.376 e. The molecule has 2 amide bonds. The van der Waals surface area contributed by atoms with E-state index in [0.29, 0.717) is 25.8 Å². The van der Waals surface area contributed by atoms with Crippen molar-refractivity contribution in [3.05, 3.63) is 58.3 Å². The molecule has 2 aliphatic heterocycles. The fourth-order valence-corrected chi connectivity index (χ4v) is 6.39. The van der Waals surface area contributed by atoms with Gasteiger partial charge in [-0.2, -0.15) is 11.3 Å². The first kappa shape index (κ1) is 24.0. The van der Waals surface area contributed by atoms with Crippen LogP contribution in [0.2, 0.25) is 0 Å². The molecular formula is C27H36N2O3S. The second-order valence-electron chi connectivity index (χ2n) is 10.4. The van der Waals surface area contributed by atoms with E-state index in [1.54, 1.807) is 11.3 Å². The number of ether oxygens (including phenoxy) is 1. The van der Waals surface area contributed by atoms with Gasteiger partial charge in [0, 0.05) is 36.9 Å². The van der Waals surface area contributed by atoms with Gasteiger partial charge in [0.05, 0.1) is 5.60 Å². The molecular weight excluding hydrogens is 432 g/mol. The minimum Gasteiger partial charge on any atom is -0.376 e. The second-order valence-corrected chi connectivity index (χ2v) is 11.2. The molecule has 2 saturated heterocycles. The summed E-state index contributed by atoms with van der Waals surface area (Å²) in [6.45, 7) is 5.70. The van der Waals surface area contributed by atoms with Gasteiger partial charge in [-0.1, -0.05) is 30.3 Å². The third kappa shape index (κ3) is 6.04. The molecule has 0 bridgehead atoms. The van der Waals surface area contributed by atoms with E-state index in [2.05, 4.69) is 71.6 Å². The van der Waals surface area contributed by atoms with Crippen LogP contribution in [-0.4, -0.2) is 36.1 Å². The van der Waals surface area contributed by atoms with E-state index in [0.717, 1.165) is 38.7 Å². The Labute approximate surface area is 201 Å². The van der Waals surface area contributed by atoms with Gasteiger partial charge in [-0.25, -0.2) is 0 Å². The number of hydrogen-bond donors (Lipinski definition) is 2. The average molecular weight is 469 g/mol. The number of carbonyl (C=O) groups is 2. The fourth-order valence-electron chi connectivity index (χ4n) is 5.72. The Morgan fingerprint density at radius 1 is 1.15 bits per heavy atom. The number of carbonyl (C=O) groups excluding carboxylic acids is 2. The van der Waals surface area contributed by atoms with E-state index in [9.17, 15) is 9.59 Å². The van der Waals surface area contributed by atoms with Crippen LogP contribution in [0.25, 0.3) is 0 Å². The number of benzene rings is 1. The highest BCUT2D eigenvalue weighted by Crippen LogP contribution is 2.43. The Kier molecular flexibility index (Phi) is 7.25. The smallest absolute Gasteiger partial charge is 0.220 e. The molecule has 0 spiro atoms. The number of thiophene rings is 1. The molecule has 2 atom stereocenters. The summed E-state index contributed by atoms with van der Waals surface area (Å²) in [4.78, 5) is 24.8. The highest BCUT2D eigenvalue weighted by Gasteiger charge is 2.42. The minimum absolute atomic E-state index is 0.00981. The van der Waals surface area contributed by atoms with Crippen LogP contribution in [0.15, 0.2) is 47.2 Å². The Morgan fingerprint density at radius 2 is 1.97 bits per heavy atom. The number of nitrogens with one attached hydrogen (secondary N) is 2. The molecule has 1 aromatic heterocycles. The highest BCUT2D eigenvalue weighted by atomic mass is 32.1. The molecule has 4 rings (SSSR count). The van der Waals surface area contributed by atoms with Gasteiger partial charge >= 0.3 is 0 Å². The molecule has 5 nitrogen and oxygen atoms in total. The maximum absolute atomic E-state index is 12.8. The SMILES string of the molecule is CC1(C)C[C@](CCNC(=O)CC[C@]2(Cc3ccsc3)CCC(=O)N2)(c2ccccc2)CCO1. The van der Waals surface area contributed by atoms with Crippen molar-refractivity contribution in [3.8, 4) is 0 Å². The van der Waals surface area contributed by atoms with Gasteiger partial charge in [0.1, 0.15) is 0 Å². The van der Waals surface area contributed by atoms with E-state index in [4.69, 9.17) is 4.74 Å². The van der Waals surface area contributed by atoms with Crippen LogP contribution in [0.1, 0.15) is 69.9 Å². The molecule has 1 aromatic carbocycles. The standard InChI is InChI=1S/C27H36N2O3S/c1-25(2)20-26(14-16-32-25,22-6-4-3-5-7-22)13-15-28-23(30)8-11-27(12-9-24(31)29-27)18-21-10-17-33-19-21/h3-7,10,17,19H,8-9,11-16,18,20H2,1-2H3,(H,28,30)(H,29,31)/t26-,27-/m1/s1. The Bertz CT molecular complexity index is 944. The van der Waals surface area contributed by atoms with Gasteiger partial charge in [0.25, 0.3) is 0 Å². The molecule has 3 heterocycles. The lowest BCUT2D eigenvalue weighted by Gasteiger charge is -2.45. The molecule has 2 aromatic rings. The van der Waals surface area contributed by atoms with Crippen molar-refractivity contribution in [1.29, 1.82) is 0 Å². The van der Waals surface area contributed by atoms with Gasteiger partial charge in [-0.15, -0.1) is 0 Å². The Hall–Kier alpha value is -2.18. The predicted octanol–water partition coefficient (Wildman–Crippen LogP) is 4.75. The average Bonchev–Trinajstić information content (AvgIpc) is 3.42. The molecule has 178 valence electrons. The minimum atomic E-state index is -0.300. The number of rotatable bonds is 9. The molecule has 33 heavy (non-hydrogen) atoms. The summed E-state index contributed by atoms with van der Waals surface area (Å²) in [6.07, 6.45) is 6.03. The van der Waals surface area contributed by atoms with Gasteiger partial charge in [0.15, 0.2) is 0 Å². The summed E-state index contributed by atoms with van der Waals surface area (Å²) in [5.74, 6) is 0.160. The number of hydrogen-bond acceptors (Lipinski definition) is 4. The fraction of sp³-hybridized carbons (Fsp3) is 0.556. The third-order valence-electron chi connectivity index (χ3n) is 7.34. The third-order valence-corrected chi connectivity index (χ3v) is 8.07. The van der Waals surface area contributed by atoms with Gasteiger partial charge < -0.3 is 15.4 Å². The molecule has 0 radical (unpaired) electrons. The first-order chi connectivity index (χ1) is 15.8. The first-order valence-electron chi connectivity index (χ1n) is 12.1. The van der Waals surface area contributed by atoms with Crippen LogP contribution in [0.3, 0.4) is 0 Å². The van der Waals surface area contributed by atoms with Gasteiger partial charge in [-0.3, -0.25) is 9.59 Å². The van der Waals surface area contributed by atoms with Crippen molar-refractivity contribution in [3.63, 3.8) is 0 Å². The van der Waals surface area contributed by atoms with Crippen LogP contribution in [0.5, 0.6) is 0 Å². The van der Waals surface area contributed by atoms with Crippen molar-refractivity contribution in [2.45, 2.75) is 81.8 Å². The van der Waals surface area contributed by atoms with E-state index >= 15 is 0 Å². The summed E-state index contributed by atoms with van der Waals surface area (Å²) in [6, 6.07) is 12.8. The maximum atomic E-state index is 12.8. The molecule has 0 unspecified atom stereocenters. The van der Waals surface area contributed by atoms with E-state index < -0.39 is 0 Å². The molecule has 2 fully saturated rings. The first-order valence-corrected chi connectivity index (χ1v) is 13.0. The molecule has 0 aliphatic carbocycles. The summed E-state index contributed by atoms with van der Waals surface area (Å²) >= 11 is 1.67. The summed E-state index contributed by atoms with van der Waals surface area (Å²) in [5, 5.41) is 10.5. The predicted molar refractivity (Wildman–Crippen MR) is 132 cm³/mol. The lowest BCUT2D eigenvalue weighted by atomic mass is 9.67. The highest BCUT2D eigenvalue weighted by molar-refractivity contribution is 7.07. The zero-order valence-corrected chi connectivity index (χ0v) is 20.6. The maximum Gasteiger partial charge on any atom is 0.220 e. The van der Waals surface area contributed by atoms with Crippen molar-refractivity contribution >= 4 is 23.2 Å². The van der Waals surface area contributed by atoms with Crippen LogP contribution in [0, 0.1) is 0 Å². The van der Waals surface area contributed by atoms with E-state index in [1.165, 1.54) is 11.1 Å². The lowest BCUT2D eigenvalue weighted by Crippen LogP contribution is -2.46. The van der Waals surface area contributed by atoms with E-state index in [1.807, 2.05) is 0 Å². The molecule has 2 N–H and O–H groups in total. The molecule has 6 heteroatoms. The lowest BCUT2D eigenvalue weighted by molar-refractivity contribution is -0.123. The van der Waals surface area contributed by atoms with Gasteiger partial charge in [0.2, 0.25) is 11.8 Å². The zero-order chi connectivity index (χ0) is 23.4. The normalized spacial score (nSPS) is 26.7. The Morgan fingerprint density at radius 3 is 2.64 bits per heavy atom.